The highest BCUT2D eigenvalue weighted by atomic mass is 35.5. The molecule has 1 aromatic rings. The van der Waals surface area contributed by atoms with Gasteiger partial charge in [-0.25, -0.2) is 0 Å². The van der Waals surface area contributed by atoms with Gasteiger partial charge in [0.1, 0.15) is 0 Å². The van der Waals surface area contributed by atoms with Gasteiger partial charge in [0.05, 0.1) is 23.9 Å². The molecule has 0 atom stereocenters. The molecule has 0 amide bonds. The lowest BCUT2D eigenvalue weighted by Crippen LogP contribution is -2.29. The smallest absolute Gasteiger partial charge is 0.0682 e. The average molecular weight is 288 g/mol. The molecule has 0 aliphatic rings. The third-order valence-electron chi connectivity index (χ3n) is 2.88. The summed E-state index contributed by atoms with van der Waals surface area (Å²) in [5.41, 5.74) is 1.78. The van der Waals surface area contributed by atoms with Gasteiger partial charge in [-0.05, 0) is 24.1 Å². The Morgan fingerprint density at radius 3 is 2.47 bits per heavy atom. The second-order valence-corrected chi connectivity index (χ2v) is 4.68. The Morgan fingerprint density at radius 1 is 1.16 bits per heavy atom. The second-order valence-electron chi connectivity index (χ2n) is 4.27. The number of benzene rings is 1. The zero-order valence-corrected chi connectivity index (χ0v) is 12.3. The van der Waals surface area contributed by atoms with Crippen LogP contribution in [-0.4, -0.2) is 45.6 Å². The van der Waals surface area contributed by atoms with E-state index < -0.39 is 0 Å². The van der Waals surface area contributed by atoms with Crippen molar-refractivity contribution in [3.05, 3.63) is 28.8 Å². The number of rotatable bonds is 9. The quantitative estimate of drug-likeness (QED) is 0.708. The van der Waals surface area contributed by atoms with Crippen LogP contribution < -0.4 is 4.90 Å². The van der Waals surface area contributed by atoms with E-state index in [0.29, 0.717) is 11.6 Å². The van der Waals surface area contributed by atoms with Gasteiger partial charge in [0.25, 0.3) is 0 Å². The van der Waals surface area contributed by atoms with E-state index in [0.717, 1.165) is 37.4 Å². The molecule has 0 radical (unpaired) electrons. The minimum absolute atomic E-state index is 0.00173. The molecule has 0 fully saturated rings. The topological polar surface area (TPSA) is 41.9 Å². The van der Waals surface area contributed by atoms with E-state index in [1.165, 1.54) is 0 Å². The molecule has 4 nitrogen and oxygen atoms in total. The summed E-state index contributed by atoms with van der Waals surface area (Å²) in [5, 5.41) is 9.75. The van der Waals surface area contributed by atoms with E-state index in [-0.39, 0.29) is 6.61 Å². The van der Waals surface area contributed by atoms with Crippen molar-refractivity contribution < 1.29 is 14.6 Å². The molecule has 1 rings (SSSR count). The predicted molar refractivity (Wildman–Crippen MR) is 78.0 cm³/mol. The standard InChI is InChI=1S/C14H22ClNO3/c1-18-8-3-6-16(7-9-19-2)14-5-4-12(11-17)10-13(14)15/h4-5,10,17H,3,6-9,11H2,1-2H3. The molecule has 0 aliphatic carbocycles. The Balaban J connectivity index is 2.77. The summed E-state index contributed by atoms with van der Waals surface area (Å²) in [6.07, 6.45) is 0.929. The van der Waals surface area contributed by atoms with Crippen LogP contribution in [0.15, 0.2) is 18.2 Å². The SMILES string of the molecule is COCCCN(CCOC)c1ccc(CO)cc1Cl. The van der Waals surface area contributed by atoms with Gasteiger partial charge in [-0.15, -0.1) is 0 Å². The van der Waals surface area contributed by atoms with Crippen molar-refractivity contribution in [1.82, 2.24) is 0 Å². The molecule has 0 unspecified atom stereocenters. The van der Waals surface area contributed by atoms with Crippen LogP contribution in [-0.2, 0) is 16.1 Å². The van der Waals surface area contributed by atoms with Crippen molar-refractivity contribution in [2.24, 2.45) is 0 Å². The Hall–Kier alpha value is -0.810. The van der Waals surface area contributed by atoms with Gasteiger partial charge >= 0.3 is 0 Å². The number of hydrogen-bond donors (Lipinski definition) is 1. The number of hydrogen-bond acceptors (Lipinski definition) is 4. The van der Waals surface area contributed by atoms with Crippen molar-refractivity contribution in [3.63, 3.8) is 0 Å². The first-order valence-corrected chi connectivity index (χ1v) is 6.72. The molecular weight excluding hydrogens is 266 g/mol. The summed E-state index contributed by atoms with van der Waals surface area (Å²) < 4.78 is 10.2. The maximum atomic E-state index is 9.10. The molecule has 0 spiro atoms. The van der Waals surface area contributed by atoms with Crippen LogP contribution in [0.5, 0.6) is 0 Å². The average Bonchev–Trinajstić information content (AvgIpc) is 2.43. The zero-order chi connectivity index (χ0) is 14.1. The van der Waals surface area contributed by atoms with Crippen LogP contribution in [0.3, 0.4) is 0 Å². The first kappa shape index (κ1) is 16.2. The number of halogens is 1. The molecule has 0 bridgehead atoms. The first-order valence-electron chi connectivity index (χ1n) is 6.35. The molecule has 0 heterocycles. The fourth-order valence-electron chi connectivity index (χ4n) is 1.86. The monoisotopic (exact) mass is 287 g/mol. The highest BCUT2D eigenvalue weighted by Crippen LogP contribution is 2.27. The number of anilines is 1. The van der Waals surface area contributed by atoms with Crippen LogP contribution >= 0.6 is 11.6 Å². The van der Waals surface area contributed by atoms with Gasteiger partial charge in [0.2, 0.25) is 0 Å². The van der Waals surface area contributed by atoms with E-state index in [1.807, 2.05) is 12.1 Å². The lowest BCUT2D eigenvalue weighted by Gasteiger charge is -2.25. The number of methoxy groups -OCH3 is 2. The van der Waals surface area contributed by atoms with Gasteiger partial charge in [0, 0.05) is 33.9 Å². The lowest BCUT2D eigenvalue weighted by atomic mass is 10.2. The van der Waals surface area contributed by atoms with Crippen LogP contribution in [0.4, 0.5) is 5.69 Å². The van der Waals surface area contributed by atoms with Crippen molar-refractivity contribution in [2.45, 2.75) is 13.0 Å². The van der Waals surface area contributed by atoms with Gasteiger partial charge in [0.15, 0.2) is 0 Å². The maximum absolute atomic E-state index is 9.10. The molecule has 1 N–H and O–H groups in total. The molecule has 0 aromatic heterocycles. The minimum Gasteiger partial charge on any atom is -0.392 e. The van der Waals surface area contributed by atoms with Crippen LogP contribution in [0.25, 0.3) is 0 Å². The summed E-state index contributed by atoms with van der Waals surface area (Å²) in [6.45, 7) is 3.00. The van der Waals surface area contributed by atoms with Crippen molar-refractivity contribution in [3.8, 4) is 0 Å². The summed E-state index contributed by atoms with van der Waals surface area (Å²) in [5.74, 6) is 0. The van der Waals surface area contributed by atoms with Gasteiger partial charge in [-0.3, -0.25) is 0 Å². The Bertz CT molecular complexity index is 374. The second kappa shape index (κ2) is 9.15. The zero-order valence-electron chi connectivity index (χ0n) is 11.6. The lowest BCUT2D eigenvalue weighted by molar-refractivity contribution is 0.191. The number of aliphatic hydroxyl groups is 1. The van der Waals surface area contributed by atoms with E-state index in [1.54, 1.807) is 20.3 Å². The number of aliphatic hydroxyl groups excluding tert-OH is 1. The molecule has 5 heteroatoms. The fourth-order valence-corrected chi connectivity index (χ4v) is 2.18. The van der Waals surface area contributed by atoms with Gasteiger partial charge < -0.3 is 19.5 Å². The normalized spacial score (nSPS) is 10.7. The molecular formula is C14H22ClNO3. The molecule has 0 saturated heterocycles. The molecule has 0 aliphatic heterocycles. The van der Waals surface area contributed by atoms with Gasteiger partial charge in [-0.1, -0.05) is 17.7 Å². The maximum Gasteiger partial charge on any atom is 0.0682 e. The largest absolute Gasteiger partial charge is 0.392 e. The Kier molecular flexibility index (Phi) is 7.82. The van der Waals surface area contributed by atoms with Crippen molar-refractivity contribution in [2.75, 3.05) is 45.4 Å². The fraction of sp³-hybridized carbons (Fsp3) is 0.571. The highest BCUT2D eigenvalue weighted by molar-refractivity contribution is 6.33. The number of ether oxygens (including phenoxy) is 2. The van der Waals surface area contributed by atoms with E-state index in [4.69, 9.17) is 26.2 Å². The van der Waals surface area contributed by atoms with E-state index in [9.17, 15) is 0 Å². The summed E-state index contributed by atoms with van der Waals surface area (Å²) in [6, 6.07) is 5.63. The summed E-state index contributed by atoms with van der Waals surface area (Å²) >= 11 is 6.27. The molecule has 19 heavy (non-hydrogen) atoms. The Labute approximate surface area is 119 Å². The van der Waals surface area contributed by atoms with Crippen LogP contribution in [0, 0.1) is 0 Å². The third kappa shape index (κ3) is 5.37. The highest BCUT2D eigenvalue weighted by Gasteiger charge is 2.10. The third-order valence-corrected chi connectivity index (χ3v) is 3.18. The van der Waals surface area contributed by atoms with Crippen LogP contribution in [0.1, 0.15) is 12.0 Å². The van der Waals surface area contributed by atoms with E-state index >= 15 is 0 Å². The number of nitrogens with zero attached hydrogens (tertiary/aromatic N) is 1. The predicted octanol–water partition coefficient (Wildman–Crippen LogP) is 2.32. The van der Waals surface area contributed by atoms with Crippen LogP contribution in [0.2, 0.25) is 5.02 Å². The summed E-state index contributed by atoms with van der Waals surface area (Å²) in [4.78, 5) is 2.17. The molecule has 0 saturated carbocycles. The summed E-state index contributed by atoms with van der Waals surface area (Å²) in [7, 11) is 3.38. The minimum atomic E-state index is 0.00173. The Morgan fingerprint density at radius 2 is 1.89 bits per heavy atom. The van der Waals surface area contributed by atoms with Crippen molar-refractivity contribution in [1.29, 1.82) is 0 Å². The first-order chi connectivity index (χ1) is 9.22. The van der Waals surface area contributed by atoms with Crippen molar-refractivity contribution >= 4 is 17.3 Å². The molecule has 108 valence electrons. The van der Waals surface area contributed by atoms with Gasteiger partial charge in [-0.2, -0.15) is 0 Å². The molecule has 1 aromatic carbocycles. The van der Waals surface area contributed by atoms with E-state index in [2.05, 4.69) is 4.90 Å².